The standard InChI is InChI=1S/C9H11FN2O/c10-9-4-6(7(11)5-12-9)8-2-1-3-13-8/h4-5,8H,1-3,11H2/t8-/m0/s1. The van der Waals surface area contributed by atoms with Crippen molar-refractivity contribution >= 4 is 5.69 Å². The maximum atomic E-state index is 12.8. The average Bonchev–Trinajstić information content (AvgIpc) is 2.61. The van der Waals surface area contributed by atoms with Gasteiger partial charge in [-0.05, 0) is 12.8 Å². The number of nitrogens with zero attached hydrogens (tertiary/aromatic N) is 1. The van der Waals surface area contributed by atoms with E-state index in [4.69, 9.17) is 10.5 Å². The van der Waals surface area contributed by atoms with E-state index < -0.39 is 5.95 Å². The van der Waals surface area contributed by atoms with Crippen molar-refractivity contribution in [3.05, 3.63) is 23.8 Å². The summed E-state index contributed by atoms with van der Waals surface area (Å²) in [6, 6.07) is 1.35. The first-order chi connectivity index (χ1) is 6.27. The van der Waals surface area contributed by atoms with Crippen LogP contribution in [0.25, 0.3) is 0 Å². The third kappa shape index (κ3) is 1.62. The SMILES string of the molecule is Nc1cnc(F)cc1[C@@H]1CCCO1. The Hall–Kier alpha value is -1.16. The van der Waals surface area contributed by atoms with Crippen LogP contribution in [0.3, 0.4) is 0 Å². The Morgan fingerprint density at radius 2 is 2.46 bits per heavy atom. The van der Waals surface area contributed by atoms with E-state index in [0.29, 0.717) is 5.69 Å². The zero-order valence-electron chi connectivity index (χ0n) is 7.16. The fraction of sp³-hybridized carbons (Fsp3) is 0.444. The smallest absolute Gasteiger partial charge is 0.213 e. The Labute approximate surface area is 75.7 Å². The third-order valence-corrected chi connectivity index (χ3v) is 2.21. The minimum absolute atomic E-state index is 0.0440. The summed E-state index contributed by atoms with van der Waals surface area (Å²) in [6.45, 7) is 0.730. The van der Waals surface area contributed by atoms with Crippen LogP contribution in [-0.4, -0.2) is 11.6 Å². The summed E-state index contributed by atoms with van der Waals surface area (Å²) in [5.74, 6) is -0.500. The Balaban J connectivity index is 2.32. The number of aromatic nitrogens is 1. The number of pyridine rings is 1. The molecule has 70 valence electrons. The molecular formula is C9H11FN2O. The minimum Gasteiger partial charge on any atom is -0.397 e. The van der Waals surface area contributed by atoms with Gasteiger partial charge in [-0.15, -0.1) is 0 Å². The first kappa shape index (κ1) is 8.44. The zero-order chi connectivity index (χ0) is 9.26. The molecule has 0 aliphatic carbocycles. The van der Waals surface area contributed by atoms with Crippen LogP contribution in [-0.2, 0) is 4.74 Å². The molecule has 2 N–H and O–H groups in total. The summed E-state index contributed by atoms with van der Waals surface area (Å²) >= 11 is 0. The van der Waals surface area contributed by atoms with E-state index in [2.05, 4.69) is 4.98 Å². The predicted octanol–water partition coefficient (Wildman–Crippen LogP) is 1.65. The fourth-order valence-corrected chi connectivity index (χ4v) is 1.56. The fourth-order valence-electron chi connectivity index (χ4n) is 1.56. The molecule has 1 aliphatic rings. The molecule has 1 fully saturated rings. The number of rotatable bonds is 1. The molecule has 0 radical (unpaired) electrons. The van der Waals surface area contributed by atoms with Crippen LogP contribution in [0.2, 0.25) is 0 Å². The second kappa shape index (κ2) is 3.30. The van der Waals surface area contributed by atoms with Crippen molar-refractivity contribution in [2.75, 3.05) is 12.3 Å². The summed E-state index contributed by atoms with van der Waals surface area (Å²) in [7, 11) is 0. The van der Waals surface area contributed by atoms with Crippen molar-refractivity contribution in [2.45, 2.75) is 18.9 Å². The normalized spacial score (nSPS) is 22.1. The zero-order valence-corrected chi connectivity index (χ0v) is 7.16. The van der Waals surface area contributed by atoms with E-state index in [-0.39, 0.29) is 6.10 Å². The van der Waals surface area contributed by atoms with Gasteiger partial charge in [0.15, 0.2) is 0 Å². The van der Waals surface area contributed by atoms with Gasteiger partial charge in [0, 0.05) is 18.2 Å². The van der Waals surface area contributed by atoms with Gasteiger partial charge in [-0.1, -0.05) is 0 Å². The lowest BCUT2D eigenvalue weighted by Gasteiger charge is -2.11. The van der Waals surface area contributed by atoms with Gasteiger partial charge < -0.3 is 10.5 Å². The van der Waals surface area contributed by atoms with Gasteiger partial charge in [0.05, 0.1) is 18.0 Å². The van der Waals surface area contributed by atoms with Crippen molar-refractivity contribution in [1.29, 1.82) is 0 Å². The quantitative estimate of drug-likeness (QED) is 0.672. The third-order valence-electron chi connectivity index (χ3n) is 2.21. The van der Waals surface area contributed by atoms with Crippen LogP contribution >= 0.6 is 0 Å². The van der Waals surface area contributed by atoms with Crippen LogP contribution in [0, 0.1) is 5.95 Å². The number of hydrogen-bond donors (Lipinski definition) is 1. The summed E-state index contributed by atoms with van der Waals surface area (Å²) in [4.78, 5) is 3.46. The summed E-state index contributed by atoms with van der Waals surface area (Å²) < 4.78 is 18.2. The van der Waals surface area contributed by atoms with E-state index in [1.807, 2.05) is 0 Å². The number of ether oxygens (including phenoxy) is 1. The van der Waals surface area contributed by atoms with Gasteiger partial charge in [-0.25, -0.2) is 4.98 Å². The molecule has 3 nitrogen and oxygen atoms in total. The average molecular weight is 182 g/mol. The molecule has 1 atom stereocenters. The predicted molar refractivity (Wildman–Crippen MR) is 46.5 cm³/mol. The Morgan fingerprint density at radius 3 is 3.15 bits per heavy atom. The van der Waals surface area contributed by atoms with Crippen LogP contribution in [0.5, 0.6) is 0 Å². The molecule has 2 heterocycles. The number of nitrogens with two attached hydrogens (primary N) is 1. The summed E-state index contributed by atoms with van der Waals surface area (Å²) in [5.41, 5.74) is 6.89. The van der Waals surface area contributed by atoms with Gasteiger partial charge in [-0.2, -0.15) is 4.39 Å². The molecular weight excluding hydrogens is 171 g/mol. The molecule has 1 aromatic rings. The van der Waals surface area contributed by atoms with Gasteiger partial charge in [0.1, 0.15) is 0 Å². The second-order valence-corrected chi connectivity index (χ2v) is 3.14. The highest BCUT2D eigenvalue weighted by Gasteiger charge is 2.20. The molecule has 0 unspecified atom stereocenters. The van der Waals surface area contributed by atoms with E-state index in [1.54, 1.807) is 0 Å². The van der Waals surface area contributed by atoms with E-state index in [0.717, 1.165) is 25.0 Å². The number of hydrogen-bond acceptors (Lipinski definition) is 3. The topological polar surface area (TPSA) is 48.1 Å². The van der Waals surface area contributed by atoms with Crippen LogP contribution in [0.1, 0.15) is 24.5 Å². The first-order valence-corrected chi connectivity index (χ1v) is 4.30. The number of halogens is 1. The van der Waals surface area contributed by atoms with Crippen molar-refractivity contribution in [3.8, 4) is 0 Å². The molecule has 0 aromatic carbocycles. The molecule has 0 saturated carbocycles. The molecule has 2 rings (SSSR count). The highest BCUT2D eigenvalue weighted by atomic mass is 19.1. The Morgan fingerprint density at radius 1 is 1.62 bits per heavy atom. The lowest BCUT2D eigenvalue weighted by Crippen LogP contribution is -2.03. The monoisotopic (exact) mass is 182 g/mol. The summed E-state index contributed by atoms with van der Waals surface area (Å²) in [5, 5.41) is 0. The maximum Gasteiger partial charge on any atom is 0.213 e. The van der Waals surface area contributed by atoms with E-state index >= 15 is 0 Å². The number of nitrogen functional groups attached to an aromatic ring is 1. The maximum absolute atomic E-state index is 12.8. The molecule has 1 saturated heterocycles. The number of anilines is 1. The van der Waals surface area contributed by atoms with Crippen LogP contribution in [0.15, 0.2) is 12.3 Å². The highest BCUT2D eigenvalue weighted by molar-refractivity contribution is 5.45. The lowest BCUT2D eigenvalue weighted by atomic mass is 10.1. The molecule has 1 aliphatic heterocycles. The second-order valence-electron chi connectivity index (χ2n) is 3.14. The van der Waals surface area contributed by atoms with Gasteiger partial charge in [0.2, 0.25) is 5.95 Å². The highest BCUT2D eigenvalue weighted by Crippen LogP contribution is 2.31. The van der Waals surface area contributed by atoms with Crippen LogP contribution in [0.4, 0.5) is 10.1 Å². The van der Waals surface area contributed by atoms with Gasteiger partial charge >= 0.3 is 0 Å². The van der Waals surface area contributed by atoms with E-state index in [1.165, 1.54) is 12.3 Å². The Bertz CT molecular complexity index is 310. The molecule has 0 amide bonds. The Kier molecular flexibility index (Phi) is 2.14. The first-order valence-electron chi connectivity index (χ1n) is 4.30. The molecule has 0 spiro atoms. The van der Waals surface area contributed by atoms with Crippen molar-refractivity contribution in [1.82, 2.24) is 4.98 Å². The van der Waals surface area contributed by atoms with E-state index in [9.17, 15) is 4.39 Å². The van der Waals surface area contributed by atoms with Crippen molar-refractivity contribution < 1.29 is 9.13 Å². The molecule has 4 heteroatoms. The minimum atomic E-state index is -0.500. The van der Waals surface area contributed by atoms with Gasteiger partial charge in [-0.3, -0.25) is 0 Å². The van der Waals surface area contributed by atoms with Crippen molar-refractivity contribution in [2.24, 2.45) is 0 Å². The van der Waals surface area contributed by atoms with Gasteiger partial charge in [0.25, 0.3) is 0 Å². The molecule has 1 aromatic heterocycles. The molecule has 13 heavy (non-hydrogen) atoms. The lowest BCUT2D eigenvalue weighted by molar-refractivity contribution is 0.112. The summed E-state index contributed by atoms with van der Waals surface area (Å²) in [6.07, 6.45) is 3.21. The van der Waals surface area contributed by atoms with Crippen LogP contribution < -0.4 is 5.73 Å². The van der Waals surface area contributed by atoms with Crippen molar-refractivity contribution in [3.63, 3.8) is 0 Å². The largest absolute Gasteiger partial charge is 0.397 e. The molecule has 0 bridgehead atoms.